The van der Waals surface area contributed by atoms with Crippen molar-refractivity contribution in [1.82, 2.24) is 9.55 Å². The fourth-order valence-corrected chi connectivity index (χ4v) is 2.53. The number of fused-ring (bicyclic) bond motifs is 1. The Morgan fingerprint density at radius 2 is 2.00 bits per heavy atom. The highest BCUT2D eigenvalue weighted by Crippen LogP contribution is 2.16. The Morgan fingerprint density at radius 1 is 1.25 bits per heavy atom. The van der Waals surface area contributed by atoms with Crippen LogP contribution in [-0.4, -0.2) is 27.4 Å². The average Bonchev–Trinajstić information content (AvgIpc) is 2.57. The van der Waals surface area contributed by atoms with Gasteiger partial charge in [0.05, 0.1) is 23.8 Å². The van der Waals surface area contributed by atoms with E-state index in [0.717, 1.165) is 4.47 Å². The van der Waals surface area contributed by atoms with Crippen molar-refractivity contribution in [2.75, 3.05) is 6.61 Å². The van der Waals surface area contributed by atoms with Gasteiger partial charge in [0.25, 0.3) is 5.56 Å². The van der Waals surface area contributed by atoms with Crippen LogP contribution in [-0.2, 0) is 6.54 Å². The van der Waals surface area contributed by atoms with Crippen molar-refractivity contribution in [2.24, 2.45) is 0 Å². The Kier molecular flexibility index (Phi) is 4.92. The lowest BCUT2D eigenvalue weighted by Crippen LogP contribution is -2.30. The molecular formula is C17H14BrFN2O3. The van der Waals surface area contributed by atoms with Crippen molar-refractivity contribution in [1.29, 1.82) is 0 Å². The minimum atomic E-state index is -0.883. The molecule has 3 aromatic rings. The maximum atomic E-state index is 13.2. The first kappa shape index (κ1) is 16.6. The molecule has 1 aromatic heterocycles. The molecule has 0 radical (unpaired) electrons. The third-order valence-corrected chi connectivity index (χ3v) is 3.98. The van der Waals surface area contributed by atoms with Gasteiger partial charge in [-0.25, -0.2) is 9.37 Å². The smallest absolute Gasteiger partial charge is 0.261 e. The summed E-state index contributed by atoms with van der Waals surface area (Å²) < 4.78 is 20.9. The van der Waals surface area contributed by atoms with E-state index in [0.29, 0.717) is 11.1 Å². The molecule has 0 fully saturated rings. The first-order chi connectivity index (χ1) is 11.5. The van der Waals surface area contributed by atoms with Gasteiger partial charge in [0, 0.05) is 10.5 Å². The number of hydrogen-bond acceptors (Lipinski definition) is 4. The molecule has 0 saturated heterocycles. The van der Waals surface area contributed by atoms with Crippen molar-refractivity contribution in [3.63, 3.8) is 0 Å². The van der Waals surface area contributed by atoms with E-state index in [1.54, 1.807) is 12.1 Å². The van der Waals surface area contributed by atoms with E-state index in [9.17, 15) is 14.3 Å². The highest BCUT2D eigenvalue weighted by molar-refractivity contribution is 9.10. The van der Waals surface area contributed by atoms with Crippen LogP contribution in [0.2, 0.25) is 0 Å². The molecule has 124 valence electrons. The number of aliphatic hydroxyl groups is 1. The lowest BCUT2D eigenvalue weighted by atomic mass is 10.2. The molecular weight excluding hydrogens is 379 g/mol. The first-order valence-corrected chi connectivity index (χ1v) is 8.03. The fraction of sp³-hybridized carbons (Fsp3) is 0.176. The van der Waals surface area contributed by atoms with Crippen LogP contribution >= 0.6 is 15.9 Å². The molecule has 0 aliphatic heterocycles. The molecule has 0 aliphatic carbocycles. The molecule has 2 aromatic carbocycles. The number of hydrogen-bond donors (Lipinski definition) is 1. The van der Waals surface area contributed by atoms with Crippen molar-refractivity contribution >= 4 is 26.8 Å². The van der Waals surface area contributed by atoms with Gasteiger partial charge >= 0.3 is 0 Å². The van der Waals surface area contributed by atoms with Gasteiger partial charge in [-0.3, -0.25) is 9.36 Å². The second kappa shape index (κ2) is 7.11. The largest absolute Gasteiger partial charge is 0.491 e. The van der Waals surface area contributed by atoms with Crippen LogP contribution in [0.25, 0.3) is 10.9 Å². The molecule has 0 bridgehead atoms. The Bertz CT molecular complexity index is 912. The maximum Gasteiger partial charge on any atom is 0.261 e. The summed E-state index contributed by atoms with van der Waals surface area (Å²) in [4.78, 5) is 16.4. The summed E-state index contributed by atoms with van der Waals surface area (Å²) in [6.07, 6.45) is 0.415. The van der Waals surface area contributed by atoms with Crippen LogP contribution in [0.15, 0.2) is 58.1 Å². The SMILES string of the molecule is O=c1c2ccc(F)cc2ncn1CC(O)COc1ccc(Br)cc1. The Labute approximate surface area is 145 Å². The summed E-state index contributed by atoms with van der Waals surface area (Å²) in [6.45, 7) is 0.0746. The lowest BCUT2D eigenvalue weighted by Gasteiger charge is -2.14. The number of benzene rings is 2. The molecule has 1 unspecified atom stereocenters. The van der Waals surface area contributed by atoms with Gasteiger partial charge in [0.1, 0.15) is 24.3 Å². The van der Waals surface area contributed by atoms with Crippen LogP contribution in [0, 0.1) is 5.82 Å². The van der Waals surface area contributed by atoms with Gasteiger partial charge < -0.3 is 9.84 Å². The zero-order chi connectivity index (χ0) is 17.1. The third-order valence-electron chi connectivity index (χ3n) is 3.45. The van der Waals surface area contributed by atoms with E-state index in [-0.39, 0.29) is 24.2 Å². The number of rotatable bonds is 5. The molecule has 5 nitrogen and oxygen atoms in total. The normalized spacial score (nSPS) is 12.3. The molecule has 0 aliphatic rings. The van der Waals surface area contributed by atoms with E-state index in [4.69, 9.17) is 4.74 Å². The Morgan fingerprint density at radius 3 is 2.75 bits per heavy atom. The van der Waals surface area contributed by atoms with Crippen molar-refractivity contribution in [3.8, 4) is 5.75 Å². The molecule has 1 N–H and O–H groups in total. The molecule has 1 heterocycles. The van der Waals surface area contributed by atoms with E-state index >= 15 is 0 Å². The van der Waals surface area contributed by atoms with Crippen LogP contribution in [0.4, 0.5) is 4.39 Å². The van der Waals surface area contributed by atoms with E-state index in [1.165, 1.54) is 29.1 Å². The van der Waals surface area contributed by atoms with Gasteiger partial charge in [-0.15, -0.1) is 0 Å². The predicted octanol–water partition coefficient (Wildman–Crippen LogP) is 2.74. The van der Waals surface area contributed by atoms with Gasteiger partial charge in [0.2, 0.25) is 0 Å². The summed E-state index contributed by atoms with van der Waals surface area (Å²) in [5, 5.41) is 10.4. The zero-order valence-electron chi connectivity index (χ0n) is 12.5. The quantitative estimate of drug-likeness (QED) is 0.724. The number of aliphatic hydroxyl groups excluding tert-OH is 1. The van der Waals surface area contributed by atoms with Crippen molar-refractivity contribution in [2.45, 2.75) is 12.6 Å². The monoisotopic (exact) mass is 392 g/mol. The second-order valence-corrected chi connectivity index (χ2v) is 6.20. The van der Waals surface area contributed by atoms with Crippen LogP contribution < -0.4 is 10.3 Å². The average molecular weight is 393 g/mol. The summed E-state index contributed by atoms with van der Waals surface area (Å²) in [5.74, 6) is 0.173. The van der Waals surface area contributed by atoms with Gasteiger partial charge in [-0.1, -0.05) is 15.9 Å². The fourth-order valence-electron chi connectivity index (χ4n) is 2.26. The highest BCUT2D eigenvalue weighted by Gasteiger charge is 2.10. The van der Waals surface area contributed by atoms with E-state index < -0.39 is 11.9 Å². The molecule has 3 rings (SSSR count). The highest BCUT2D eigenvalue weighted by atomic mass is 79.9. The summed E-state index contributed by atoms with van der Waals surface area (Å²) in [6, 6.07) is 11.0. The molecule has 0 amide bonds. The maximum absolute atomic E-state index is 13.2. The topological polar surface area (TPSA) is 64.4 Å². The molecule has 7 heteroatoms. The molecule has 1 atom stereocenters. The number of nitrogens with zero attached hydrogens (tertiary/aromatic N) is 2. The molecule has 24 heavy (non-hydrogen) atoms. The summed E-state index contributed by atoms with van der Waals surface area (Å²) in [7, 11) is 0. The first-order valence-electron chi connectivity index (χ1n) is 7.24. The van der Waals surface area contributed by atoms with Crippen LogP contribution in [0.1, 0.15) is 0 Å². The minimum Gasteiger partial charge on any atom is -0.491 e. The zero-order valence-corrected chi connectivity index (χ0v) is 14.1. The van der Waals surface area contributed by atoms with Gasteiger partial charge in [-0.05, 0) is 36.4 Å². The predicted molar refractivity (Wildman–Crippen MR) is 91.6 cm³/mol. The van der Waals surface area contributed by atoms with E-state index in [2.05, 4.69) is 20.9 Å². The lowest BCUT2D eigenvalue weighted by molar-refractivity contribution is 0.0915. The molecule has 0 saturated carbocycles. The summed E-state index contributed by atoms with van der Waals surface area (Å²) in [5.41, 5.74) is -0.0421. The summed E-state index contributed by atoms with van der Waals surface area (Å²) >= 11 is 3.33. The third kappa shape index (κ3) is 3.80. The van der Waals surface area contributed by atoms with Gasteiger partial charge in [0.15, 0.2) is 0 Å². The molecule has 0 spiro atoms. The number of aromatic nitrogens is 2. The van der Waals surface area contributed by atoms with Crippen molar-refractivity contribution < 1.29 is 14.2 Å². The van der Waals surface area contributed by atoms with Gasteiger partial charge in [-0.2, -0.15) is 0 Å². The minimum absolute atomic E-state index is 0.0372. The Hall–Kier alpha value is -2.25. The number of halogens is 2. The van der Waals surface area contributed by atoms with Crippen LogP contribution in [0.5, 0.6) is 5.75 Å². The second-order valence-electron chi connectivity index (χ2n) is 5.28. The van der Waals surface area contributed by atoms with Crippen LogP contribution in [0.3, 0.4) is 0 Å². The Balaban J connectivity index is 1.70. The number of ether oxygens (including phenoxy) is 1. The van der Waals surface area contributed by atoms with E-state index in [1.807, 2.05) is 12.1 Å². The van der Waals surface area contributed by atoms with Crippen molar-refractivity contribution in [3.05, 3.63) is 69.4 Å². The standard InChI is InChI=1S/C17H14BrFN2O3/c18-11-1-4-14(5-2-11)24-9-13(22)8-21-10-20-16-7-12(19)3-6-15(16)17(21)23/h1-7,10,13,22H,8-9H2.